The second-order valence-electron chi connectivity index (χ2n) is 1.92. The van der Waals surface area contributed by atoms with Crippen molar-refractivity contribution in [1.82, 2.24) is 0 Å². The summed E-state index contributed by atoms with van der Waals surface area (Å²) >= 11 is 3.70. The zero-order valence-corrected chi connectivity index (χ0v) is 6.34. The lowest BCUT2D eigenvalue weighted by atomic mass is 10.1. The maximum atomic E-state index is 10.5. The minimum Gasteiger partial charge on any atom is -0.480 e. The van der Waals surface area contributed by atoms with E-state index in [4.69, 9.17) is 10.8 Å². The summed E-state index contributed by atoms with van der Waals surface area (Å²) in [6, 6.07) is -1.21. The summed E-state index contributed by atoms with van der Waals surface area (Å²) in [6.07, 6.45) is 0. The van der Waals surface area contributed by atoms with Crippen molar-refractivity contribution in [2.75, 3.05) is 0 Å². The Morgan fingerprint density at radius 2 is 2.00 bits per heavy atom. The lowest BCUT2D eigenvalue weighted by Gasteiger charge is -2.10. The second-order valence-corrected chi connectivity index (χ2v) is 2.48. The predicted octanol–water partition coefficient (Wildman–Crippen LogP) is -0.714. The predicted molar refractivity (Wildman–Crippen MR) is 39.1 cm³/mol. The quantitative estimate of drug-likeness (QED) is 0.480. The highest BCUT2D eigenvalue weighted by atomic mass is 32.1. The summed E-state index contributed by atoms with van der Waals surface area (Å²) in [5, 5.41) is 7.37. The fourth-order valence-corrected chi connectivity index (χ4v) is 0.515. The molecule has 0 heterocycles. The average molecular weight is 163 g/mol. The topological polar surface area (TPSA) is 80.4 Å². The molecule has 0 aromatic carbocycles. The molecule has 0 saturated heterocycles. The van der Waals surface area contributed by atoms with Gasteiger partial charge in [0.15, 0.2) is 0 Å². The van der Waals surface area contributed by atoms with E-state index in [1.54, 1.807) is 0 Å². The van der Waals surface area contributed by atoms with Crippen molar-refractivity contribution in [1.29, 1.82) is 0 Å². The first-order valence-electron chi connectivity index (χ1n) is 2.63. The molecule has 0 amide bonds. The zero-order chi connectivity index (χ0) is 8.31. The number of hydrogen-bond donors (Lipinski definition) is 3. The molecule has 0 aliphatic carbocycles. The number of ketones is 1. The highest BCUT2D eigenvalue weighted by Crippen LogP contribution is 2.00. The van der Waals surface area contributed by atoms with Crippen LogP contribution in [0.4, 0.5) is 0 Å². The third-order valence-electron chi connectivity index (χ3n) is 1.04. The third kappa shape index (κ3) is 2.36. The number of nitrogens with two attached hydrogens (primary N) is 1. The SMILES string of the molecule is CC(=O)C(S)C(N)C(=O)O. The van der Waals surface area contributed by atoms with Crippen molar-refractivity contribution in [3.8, 4) is 0 Å². The molecule has 0 aromatic heterocycles. The van der Waals surface area contributed by atoms with Crippen molar-refractivity contribution in [2.45, 2.75) is 18.2 Å². The van der Waals surface area contributed by atoms with Gasteiger partial charge in [-0.05, 0) is 6.92 Å². The Kier molecular flexibility index (Phi) is 3.38. The first-order chi connectivity index (χ1) is 4.46. The molecule has 0 radical (unpaired) electrons. The van der Waals surface area contributed by atoms with Gasteiger partial charge in [0.05, 0.1) is 5.25 Å². The first kappa shape index (κ1) is 9.45. The fourth-order valence-electron chi connectivity index (χ4n) is 0.388. The molecule has 0 spiro atoms. The molecule has 0 fully saturated rings. The van der Waals surface area contributed by atoms with E-state index in [0.29, 0.717) is 0 Å². The number of Topliss-reactive ketones (excluding diaryl/α,β-unsaturated/α-hetero) is 1. The Balaban J connectivity index is 4.07. The van der Waals surface area contributed by atoms with E-state index in [1.807, 2.05) is 0 Å². The standard InChI is InChI=1S/C5H9NO3S/c1-2(7)4(10)3(6)5(8)9/h3-4,10H,6H2,1H3,(H,8,9). The highest BCUT2D eigenvalue weighted by molar-refractivity contribution is 7.82. The molecular formula is C5H9NO3S. The highest BCUT2D eigenvalue weighted by Gasteiger charge is 2.23. The van der Waals surface area contributed by atoms with Gasteiger partial charge < -0.3 is 10.8 Å². The second kappa shape index (κ2) is 3.58. The Hall–Kier alpha value is -0.550. The van der Waals surface area contributed by atoms with Gasteiger partial charge in [-0.3, -0.25) is 9.59 Å². The monoisotopic (exact) mass is 163 g/mol. The molecule has 4 nitrogen and oxygen atoms in total. The van der Waals surface area contributed by atoms with E-state index in [0.717, 1.165) is 0 Å². The van der Waals surface area contributed by atoms with E-state index in [2.05, 4.69) is 12.6 Å². The van der Waals surface area contributed by atoms with E-state index in [-0.39, 0.29) is 5.78 Å². The molecular weight excluding hydrogens is 154 g/mol. The Morgan fingerprint density at radius 1 is 1.60 bits per heavy atom. The minimum atomic E-state index is -1.21. The molecule has 0 saturated carbocycles. The van der Waals surface area contributed by atoms with Gasteiger partial charge in [0.25, 0.3) is 0 Å². The van der Waals surface area contributed by atoms with Gasteiger partial charge in [-0.25, -0.2) is 0 Å². The van der Waals surface area contributed by atoms with Crippen LogP contribution in [-0.2, 0) is 9.59 Å². The third-order valence-corrected chi connectivity index (χ3v) is 1.73. The van der Waals surface area contributed by atoms with Crippen molar-refractivity contribution in [3.63, 3.8) is 0 Å². The van der Waals surface area contributed by atoms with Gasteiger partial charge in [-0.15, -0.1) is 0 Å². The normalized spacial score (nSPS) is 15.9. The number of carbonyl (C=O) groups is 2. The summed E-state index contributed by atoms with van der Waals surface area (Å²) in [5.41, 5.74) is 5.06. The average Bonchev–Trinajstić information content (AvgIpc) is 1.84. The van der Waals surface area contributed by atoms with Gasteiger partial charge in [0.1, 0.15) is 11.8 Å². The number of aliphatic carboxylic acids is 1. The number of carbonyl (C=O) groups excluding carboxylic acids is 1. The molecule has 2 atom stereocenters. The summed E-state index contributed by atoms with van der Waals surface area (Å²) in [7, 11) is 0. The van der Waals surface area contributed by atoms with Gasteiger partial charge in [0.2, 0.25) is 0 Å². The van der Waals surface area contributed by atoms with Gasteiger partial charge in [-0.1, -0.05) is 0 Å². The van der Waals surface area contributed by atoms with E-state index in [1.165, 1.54) is 6.92 Å². The summed E-state index contributed by atoms with van der Waals surface area (Å²) in [5.74, 6) is -1.55. The van der Waals surface area contributed by atoms with Crippen LogP contribution in [0, 0.1) is 0 Å². The first-order valence-corrected chi connectivity index (χ1v) is 3.15. The van der Waals surface area contributed by atoms with Crippen LogP contribution >= 0.6 is 12.6 Å². The Labute approximate surface area is 63.8 Å². The summed E-state index contributed by atoms with van der Waals surface area (Å²) in [4.78, 5) is 20.6. The van der Waals surface area contributed by atoms with Crippen LogP contribution in [-0.4, -0.2) is 28.2 Å². The molecule has 0 aliphatic heterocycles. The van der Waals surface area contributed by atoms with Crippen LogP contribution in [0.1, 0.15) is 6.92 Å². The smallest absolute Gasteiger partial charge is 0.322 e. The minimum absolute atomic E-state index is 0.335. The fraction of sp³-hybridized carbons (Fsp3) is 0.600. The number of carboxylic acid groups (broad SMARTS) is 1. The maximum Gasteiger partial charge on any atom is 0.322 e. The van der Waals surface area contributed by atoms with Crippen LogP contribution in [0.5, 0.6) is 0 Å². The van der Waals surface area contributed by atoms with Crippen molar-refractivity contribution >= 4 is 24.4 Å². The van der Waals surface area contributed by atoms with Crippen LogP contribution in [0.15, 0.2) is 0 Å². The lowest BCUT2D eigenvalue weighted by molar-refractivity contribution is -0.139. The van der Waals surface area contributed by atoms with Gasteiger partial charge in [0, 0.05) is 0 Å². The summed E-state index contributed by atoms with van der Waals surface area (Å²) < 4.78 is 0. The van der Waals surface area contributed by atoms with Gasteiger partial charge >= 0.3 is 5.97 Å². The maximum absolute atomic E-state index is 10.5. The number of rotatable bonds is 3. The molecule has 10 heavy (non-hydrogen) atoms. The molecule has 2 unspecified atom stereocenters. The molecule has 5 heteroatoms. The molecule has 0 bridgehead atoms. The summed E-state index contributed by atoms with van der Waals surface area (Å²) in [6.45, 7) is 1.25. The van der Waals surface area contributed by atoms with Gasteiger partial charge in [-0.2, -0.15) is 12.6 Å². The molecule has 0 aromatic rings. The number of hydrogen-bond acceptors (Lipinski definition) is 4. The van der Waals surface area contributed by atoms with Crippen LogP contribution < -0.4 is 5.73 Å². The number of carboxylic acids is 1. The Bertz CT molecular complexity index is 141. The van der Waals surface area contributed by atoms with Crippen LogP contribution in [0.2, 0.25) is 0 Å². The Morgan fingerprint density at radius 3 is 2.10 bits per heavy atom. The van der Waals surface area contributed by atoms with Crippen molar-refractivity contribution < 1.29 is 14.7 Å². The lowest BCUT2D eigenvalue weighted by Crippen LogP contribution is -2.42. The molecule has 3 N–H and O–H groups in total. The van der Waals surface area contributed by atoms with E-state index in [9.17, 15) is 9.59 Å². The molecule has 58 valence electrons. The van der Waals surface area contributed by atoms with Crippen LogP contribution in [0.3, 0.4) is 0 Å². The van der Waals surface area contributed by atoms with Crippen LogP contribution in [0.25, 0.3) is 0 Å². The van der Waals surface area contributed by atoms with E-state index >= 15 is 0 Å². The molecule has 0 rings (SSSR count). The number of thiol groups is 1. The van der Waals surface area contributed by atoms with Crippen molar-refractivity contribution in [2.24, 2.45) is 5.73 Å². The zero-order valence-electron chi connectivity index (χ0n) is 5.44. The molecule has 0 aliphatic rings. The van der Waals surface area contributed by atoms with Crippen molar-refractivity contribution in [3.05, 3.63) is 0 Å². The van der Waals surface area contributed by atoms with E-state index < -0.39 is 17.3 Å². The largest absolute Gasteiger partial charge is 0.480 e.